The maximum atomic E-state index is 13.2. The predicted molar refractivity (Wildman–Crippen MR) is 117 cm³/mol. The first-order valence-corrected chi connectivity index (χ1v) is 10.5. The van der Waals surface area contributed by atoms with Crippen LogP contribution in [0.25, 0.3) is 6.08 Å². The summed E-state index contributed by atoms with van der Waals surface area (Å²) in [5.41, 5.74) is 13.7. The van der Waals surface area contributed by atoms with Crippen LogP contribution >= 0.6 is 0 Å². The van der Waals surface area contributed by atoms with Crippen LogP contribution < -0.4 is 16.8 Å². The number of amidine groups is 1. The molecule has 1 aliphatic rings. The summed E-state index contributed by atoms with van der Waals surface area (Å²) in [6.45, 7) is 4.75. The van der Waals surface area contributed by atoms with Gasteiger partial charge in [-0.15, -0.1) is 0 Å². The van der Waals surface area contributed by atoms with Gasteiger partial charge in [-0.1, -0.05) is 13.3 Å². The topological polar surface area (TPSA) is 152 Å². The summed E-state index contributed by atoms with van der Waals surface area (Å²) < 4.78 is 1.86. The molecule has 0 saturated carbocycles. The van der Waals surface area contributed by atoms with Gasteiger partial charge in [0.2, 0.25) is 5.91 Å². The Morgan fingerprint density at radius 3 is 2.77 bits per heavy atom. The third kappa shape index (κ3) is 6.87. The van der Waals surface area contributed by atoms with E-state index in [-0.39, 0.29) is 12.3 Å². The third-order valence-corrected chi connectivity index (χ3v) is 4.82. The molecule has 0 saturated heterocycles. The second-order valence-corrected chi connectivity index (χ2v) is 7.31. The van der Waals surface area contributed by atoms with E-state index in [9.17, 15) is 9.59 Å². The Balaban J connectivity index is 2.16. The van der Waals surface area contributed by atoms with Crippen LogP contribution in [0, 0.1) is 0 Å². The average Bonchev–Trinajstić information content (AvgIpc) is 2.98. The van der Waals surface area contributed by atoms with E-state index in [0.717, 1.165) is 37.9 Å². The van der Waals surface area contributed by atoms with E-state index in [1.807, 2.05) is 17.7 Å². The fraction of sp³-hybridized carbons (Fsp3) is 0.600. The summed E-state index contributed by atoms with van der Waals surface area (Å²) in [5.74, 6) is 0.272. The molecule has 0 unspecified atom stereocenters. The third-order valence-electron chi connectivity index (χ3n) is 4.82. The van der Waals surface area contributed by atoms with Crippen molar-refractivity contribution in [3.63, 3.8) is 0 Å². The number of hydrogen-bond acceptors (Lipinski definition) is 6. The minimum absolute atomic E-state index is 0.103. The molecule has 2 rings (SSSR count). The van der Waals surface area contributed by atoms with Crippen molar-refractivity contribution in [2.75, 3.05) is 26.2 Å². The van der Waals surface area contributed by atoms with Gasteiger partial charge in [0.25, 0.3) is 0 Å². The van der Waals surface area contributed by atoms with E-state index in [4.69, 9.17) is 16.6 Å². The smallest absolute Gasteiger partial charge is 0.404 e. The summed E-state index contributed by atoms with van der Waals surface area (Å²) >= 11 is 0. The van der Waals surface area contributed by atoms with Crippen LogP contribution in [-0.4, -0.2) is 63.8 Å². The van der Waals surface area contributed by atoms with Gasteiger partial charge in [0, 0.05) is 38.2 Å². The molecule has 1 aromatic heterocycles. The summed E-state index contributed by atoms with van der Waals surface area (Å²) in [6.07, 6.45) is 7.00. The molecule has 10 heteroatoms. The molecule has 1 aliphatic heterocycles. The van der Waals surface area contributed by atoms with E-state index in [0.29, 0.717) is 49.7 Å². The summed E-state index contributed by atoms with van der Waals surface area (Å²) in [7, 11) is 0. The minimum Gasteiger partial charge on any atom is -0.465 e. The molecule has 2 heterocycles. The lowest BCUT2D eigenvalue weighted by Crippen LogP contribution is -2.36. The Morgan fingerprint density at radius 2 is 2.07 bits per heavy atom. The van der Waals surface area contributed by atoms with Crippen molar-refractivity contribution >= 4 is 29.6 Å². The zero-order chi connectivity index (χ0) is 21.9. The molecule has 1 aromatic rings. The van der Waals surface area contributed by atoms with Crippen molar-refractivity contribution in [1.82, 2.24) is 20.0 Å². The van der Waals surface area contributed by atoms with Gasteiger partial charge in [0.1, 0.15) is 11.5 Å². The second kappa shape index (κ2) is 12.0. The highest BCUT2D eigenvalue weighted by molar-refractivity contribution is 6.05. The first kappa shape index (κ1) is 23.4. The van der Waals surface area contributed by atoms with Crippen molar-refractivity contribution in [3.8, 4) is 0 Å². The molecule has 0 aliphatic carbocycles. The maximum Gasteiger partial charge on any atom is 0.404 e. The van der Waals surface area contributed by atoms with Gasteiger partial charge in [-0.05, 0) is 38.3 Å². The molecular weight excluding hydrogens is 386 g/mol. The van der Waals surface area contributed by atoms with Crippen LogP contribution in [0.15, 0.2) is 16.8 Å². The van der Waals surface area contributed by atoms with Gasteiger partial charge in [0.05, 0.1) is 11.9 Å². The Morgan fingerprint density at radius 1 is 1.27 bits per heavy atom. The summed E-state index contributed by atoms with van der Waals surface area (Å²) in [5, 5.41) is 15.4. The summed E-state index contributed by atoms with van der Waals surface area (Å²) in [4.78, 5) is 30.0. The number of aromatic nitrogens is 2. The number of unbranched alkanes of at least 4 members (excludes halogenated alkanes) is 2. The lowest BCUT2D eigenvalue weighted by molar-refractivity contribution is -0.127. The SMILES string of the molecule is CCCN(CCCNC(=O)O)C(=O)C1=Cc2c(cnn2CCCCCN)N=C(N)C1. The Kier molecular flexibility index (Phi) is 9.33. The number of nitrogens with zero attached hydrogens (tertiary/aromatic N) is 4. The van der Waals surface area contributed by atoms with Crippen LogP contribution in [0.1, 0.15) is 51.1 Å². The molecule has 0 radical (unpaired) electrons. The zero-order valence-corrected chi connectivity index (χ0v) is 17.6. The van der Waals surface area contributed by atoms with Gasteiger partial charge in [-0.2, -0.15) is 5.10 Å². The Labute approximate surface area is 177 Å². The number of fused-ring (bicyclic) bond motifs is 1. The lowest BCUT2D eigenvalue weighted by Gasteiger charge is -2.23. The van der Waals surface area contributed by atoms with Crippen LogP contribution in [0.4, 0.5) is 10.5 Å². The number of amides is 2. The first-order chi connectivity index (χ1) is 14.5. The van der Waals surface area contributed by atoms with E-state index in [1.165, 1.54) is 0 Å². The Bertz CT molecular complexity index is 785. The van der Waals surface area contributed by atoms with Crippen LogP contribution in [-0.2, 0) is 11.3 Å². The fourth-order valence-electron chi connectivity index (χ4n) is 3.38. The zero-order valence-electron chi connectivity index (χ0n) is 17.6. The number of aliphatic imine (C=N–C) groups is 1. The van der Waals surface area contributed by atoms with E-state index in [1.54, 1.807) is 11.1 Å². The molecule has 0 fully saturated rings. The maximum absolute atomic E-state index is 13.2. The lowest BCUT2D eigenvalue weighted by atomic mass is 10.1. The molecule has 0 bridgehead atoms. The van der Waals surface area contributed by atoms with Crippen molar-refractivity contribution in [3.05, 3.63) is 17.5 Å². The number of rotatable bonds is 12. The summed E-state index contributed by atoms with van der Waals surface area (Å²) in [6, 6.07) is 0. The van der Waals surface area contributed by atoms with Gasteiger partial charge in [0.15, 0.2) is 0 Å². The number of nitrogens with two attached hydrogens (primary N) is 2. The molecule has 30 heavy (non-hydrogen) atoms. The van der Waals surface area contributed by atoms with Crippen molar-refractivity contribution in [2.24, 2.45) is 16.5 Å². The highest BCUT2D eigenvalue weighted by Gasteiger charge is 2.22. The van der Waals surface area contributed by atoms with Gasteiger partial charge in [-0.3, -0.25) is 9.48 Å². The second-order valence-electron chi connectivity index (χ2n) is 7.31. The number of carboxylic acid groups (broad SMARTS) is 1. The minimum atomic E-state index is -1.06. The van der Waals surface area contributed by atoms with Crippen LogP contribution in [0.2, 0.25) is 0 Å². The normalized spacial score (nSPS) is 13.1. The van der Waals surface area contributed by atoms with Crippen molar-refractivity contribution in [1.29, 1.82) is 0 Å². The molecule has 2 amide bonds. The number of carbonyl (C=O) groups excluding carboxylic acids is 1. The highest BCUT2D eigenvalue weighted by Crippen LogP contribution is 2.27. The van der Waals surface area contributed by atoms with E-state index < -0.39 is 6.09 Å². The first-order valence-electron chi connectivity index (χ1n) is 10.5. The fourth-order valence-corrected chi connectivity index (χ4v) is 3.38. The standard InChI is InChI=1S/C20H33N7O3/c1-2-9-26(10-6-8-23-20(29)30)19(28)15-12-17-16(25-18(22)13-15)14-24-27(17)11-5-3-4-7-21/h12,14,23H,2-11,13,21H2,1H3,(H2,22,25)(H,29,30). The molecule has 0 atom stereocenters. The van der Waals surface area contributed by atoms with Gasteiger partial charge < -0.3 is 26.8 Å². The average molecular weight is 420 g/mol. The molecule has 6 N–H and O–H groups in total. The number of carbonyl (C=O) groups is 2. The number of nitrogens with one attached hydrogen (secondary N) is 1. The quantitative estimate of drug-likeness (QED) is 0.378. The van der Waals surface area contributed by atoms with Gasteiger partial charge in [-0.25, -0.2) is 9.79 Å². The van der Waals surface area contributed by atoms with Gasteiger partial charge >= 0.3 is 6.09 Å². The molecular formula is C20H33N7O3. The number of hydrogen-bond donors (Lipinski definition) is 4. The van der Waals surface area contributed by atoms with Crippen LogP contribution in [0.5, 0.6) is 0 Å². The molecule has 10 nitrogen and oxygen atoms in total. The van der Waals surface area contributed by atoms with Crippen LogP contribution in [0.3, 0.4) is 0 Å². The molecule has 0 aromatic carbocycles. The molecule has 166 valence electrons. The monoisotopic (exact) mass is 419 g/mol. The predicted octanol–water partition coefficient (Wildman–Crippen LogP) is 1.68. The highest BCUT2D eigenvalue weighted by atomic mass is 16.4. The Hall–Kier alpha value is -2.88. The van der Waals surface area contributed by atoms with E-state index in [2.05, 4.69) is 15.4 Å². The molecule has 0 spiro atoms. The van der Waals surface area contributed by atoms with Crippen molar-refractivity contribution < 1.29 is 14.7 Å². The van der Waals surface area contributed by atoms with Crippen molar-refractivity contribution in [2.45, 2.75) is 52.0 Å². The number of aryl methyl sites for hydroxylation is 1. The van der Waals surface area contributed by atoms with E-state index >= 15 is 0 Å². The largest absolute Gasteiger partial charge is 0.465 e.